The number of nitrogens with zero attached hydrogens (tertiary/aromatic N) is 1. The first kappa shape index (κ1) is 50.5. The molecule has 0 amide bonds. The Morgan fingerprint density at radius 3 is 1.48 bits per heavy atom. The summed E-state index contributed by atoms with van der Waals surface area (Å²) in [4.78, 5) is 35.2. The number of phosphoric ester groups is 1. The van der Waals surface area contributed by atoms with Crippen LogP contribution in [0.25, 0.3) is 0 Å². The lowest BCUT2D eigenvalue weighted by Gasteiger charge is -2.24. The van der Waals surface area contributed by atoms with Crippen molar-refractivity contribution in [3.8, 4) is 0 Å². The van der Waals surface area contributed by atoms with Crippen LogP contribution < -0.4 is 0 Å². The lowest BCUT2D eigenvalue weighted by atomic mass is 10.1. The first-order valence-corrected chi connectivity index (χ1v) is 22.6. The second-order valence-electron chi connectivity index (χ2n) is 15.4. The number of quaternary nitrogens is 1. The molecule has 10 heteroatoms. The normalized spacial score (nSPS) is 13.9. The fourth-order valence-electron chi connectivity index (χ4n) is 5.58. The minimum atomic E-state index is -4.37. The van der Waals surface area contributed by atoms with Crippen molar-refractivity contribution >= 4 is 19.8 Å². The molecule has 1 unspecified atom stereocenters. The monoisotopic (exact) mass is 759 g/mol. The molecule has 1 N–H and O–H groups in total. The SMILES string of the molecule is CCCC/C=C\CCCCCCCC(=O)OC[C@H](COP(=O)(O)OCC[N+](C)(C)C)OC(=O)CCCCCCCCC/C=C\CCCCCCCC. The number of likely N-dealkylation sites (N-methyl/N-ethyl adjacent to an activating group) is 1. The second-order valence-corrected chi connectivity index (χ2v) is 16.8. The van der Waals surface area contributed by atoms with Crippen LogP contribution in [-0.4, -0.2) is 74.9 Å². The molecule has 0 radical (unpaired) electrons. The van der Waals surface area contributed by atoms with Gasteiger partial charge in [0.2, 0.25) is 0 Å². The highest BCUT2D eigenvalue weighted by Crippen LogP contribution is 2.43. The zero-order valence-electron chi connectivity index (χ0n) is 34.3. The van der Waals surface area contributed by atoms with E-state index in [1.165, 1.54) is 77.0 Å². The van der Waals surface area contributed by atoms with E-state index in [4.69, 9.17) is 18.5 Å². The molecule has 0 saturated carbocycles. The Morgan fingerprint density at radius 2 is 1.00 bits per heavy atom. The number of carbonyl (C=O) groups is 2. The average molecular weight is 759 g/mol. The van der Waals surface area contributed by atoms with Gasteiger partial charge in [-0.15, -0.1) is 0 Å². The summed E-state index contributed by atoms with van der Waals surface area (Å²) in [5, 5.41) is 0. The maximum absolute atomic E-state index is 12.7. The number of hydrogen-bond donors (Lipinski definition) is 1. The van der Waals surface area contributed by atoms with Gasteiger partial charge in [0.1, 0.15) is 19.8 Å². The Kier molecular flexibility index (Phi) is 34.2. The van der Waals surface area contributed by atoms with Gasteiger partial charge in [-0.3, -0.25) is 18.6 Å². The van der Waals surface area contributed by atoms with Crippen LogP contribution in [0.2, 0.25) is 0 Å². The number of rotatable bonds is 38. The number of ether oxygens (including phenoxy) is 2. The topological polar surface area (TPSA) is 108 Å². The fourth-order valence-corrected chi connectivity index (χ4v) is 6.32. The van der Waals surface area contributed by atoms with Crippen molar-refractivity contribution in [2.24, 2.45) is 0 Å². The Bertz CT molecular complexity index is 949. The maximum Gasteiger partial charge on any atom is 0.472 e. The van der Waals surface area contributed by atoms with E-state index >= 15 is 0 Å². The third-order valence-electron chi connectivity index (χ3n) is 8.95. The molecule has 0 heterocycles. The molecule has 0 aliphatic heterocycles. The van der Waals surface area contributed by atoms with Crippen LogP contribution in [0.4, 0.5) is 0 Å². The highest BCUT2D eigenvalue weighted by Gasteiger charge is 2.27. The Morgan fingerprint density at radius 1 is 0.577 bits per heavy atom. The van der Waals surface area contributed by atoms with Crippen molar-refractivity contribution in [1.29, 1.82) is 0 Å². The summed E-state index contributed by atoms with van der Waals surface area (Å²) in [6, 6.07) is 0. The third kappa shape index (κ3) is 38.2. The van der Waals surface area contributed by atoms with Crippen LogP contribution in [0.3, 0.4) is 0 Å². The second kappa shape index (κ2) is 35.2. The minimum Gasteiger partial charge on any atom is -0.462 e. The van der Waals surface area contributed by atoms with Crippen LogP contribution in [-0.2, 0) is 32.7 Å². The van der Waals surface area contributed by atoms with Crippen LogP contribution in [0.15, 0.2) is 24.3 Å². The van der Waals surface area contributed by atoms with Gasteiger partial charge < -0.3 is 18.9 Å². The first-order chi connectivity index (χ1) is 25.0. The van der Waals surface area contributed by atoms with Crippen molar-refractivity contribution in [3.63, 3.8) is 0 Å². The van der Waals surface area contributed by atoms with Gasteiger partial charge in [-0.2, -0.15) is 0 Å². The number of carbonyl (C=O) groups excluding carboxylic acids is 2. The Labute approximate surface area is 319 Å². The van der Waals surface area contributed by atoms with E-state index in [-0.39, 0.29) is 32.0 Å². The molecule has 0 aromatic carbocycles. The molecule has 306 valence electrons. The molecule has 9 nitrogen and oxygen atoms in total. The number of phosphoric acid groups is 1. The predicted octanol–water partition coefficient (Wildman–Crippen LogP) is 11.6. The van der Waals surface area contributed by atoms with Crippen molar-refractivity contribution < 1.29 is 42.1 Å². The van der Waals surface area contributed by atoms with Gasteiger partial charge in [-0.1, -0.05) is 134 Å². The molecule has 2 atom stereocenters. The molecule has 0 rings (SSSR count). The van der Waals surface area contributed by atoms with E-state index in [0.29, 0.717) is 17.4 Å². The minimum absolute atomic E-state index is 0.0305. The van der Waals surface area contributed by atoms with E-state index in [0.717, 1.165) is 70.6 Å². The van der Waals surface area contributed by atoms with Crippen LogP contribution in [0, 0.1) is 0 Å². The quantitative estimate of drug-likeness (QED) is 0.0218. The van der Waals surface area contributed by atoms with E-state index in [2.05, 4.69) is 38.2 Å². The summed E-state index contributed by atoms with van der Waals surface area (Å²) in [6.07, 6.45) is 36.5. The maximum atomic E-state index is 12.7. The van der Waals surface area contributed by atoms with Crippen molar-refractivity contribution in [3.05, 3.63) is 24.3 Å². The molecule has 0 aliphatic carbocycles. The molecule has 0 spiro atoms. The van der Waals surface area contributed by atoms with Crippen LogP contribution in [0.1, 0.15) is 181 Å². The van der Waals surface area contributed by atoms with E-state index < -0.39 is 26.5 Å². The molecule has 0 aliphatic rings. The smallest absolute Gasteiger partial charge is 0.462 e. The fraction of sp³-hybridized carbons (Fsp3) is 0.857. The highest BCUT2D eigenvalue weighted by molar-refractivity contribution is 7.47. The van der Waals surface area contributed by atoms with Gasteiger partial charge in [0.15, 0.2) is 6.10 Å². The zero-order valence-corrected chi connectivity index (χ0v) is 35.2. The average Bonchev–Trinajstić information content (AvgIpc) is 3.09. The van der Waals surface area contributed by atoms with Gasteiger partial charge >= 0.3 is 19.8 Å². The Balaban J connectivity index is 4.37. The summed E-state index contributed by atoms with van der Waals surface area (Å²) in [5.41, 5.74) is 0. The first-order valence-electron chi connectivity index (χ1n) is 21.1. The van der Waals surface area contributed by atoms with Crippen LogP contribution in [0.5, 0.6) is 0 Å². The summed E-state index contributed by atoms with van der Waals surface area (Å²) >= 11 is 0. The molecule has 52 heavy (non-hydrogen) atoms. The van der Waals surface area contributed by atoms with Gasteiger partial charge in [0.05, 0.1) is 27.7 Å². The van der Waals surface area contributed by atoms with Crippen molar-refractivity contribution in [2.75, 3.05) is 47.5 Å². The zero-order chi connectivity index (χ0) is 38.6. The van der Waals surface area contributed by atoms with E-state index in [9.17, 15) is 19.0 Å². The lowest BCUT2D eigenvalue weighted by molar-refractivity contribution is -0.870. The third-order valence-corrected chi connectivity index (χ3v) is 9.94. The van der Waals surface area contributed by atoms with Crippen molar-refractivity contribution in [2.45, 2.75) is 187 Å². The number of hydrogen-bond acceptors (Lipinski definition) is 7. The van der Waals surface area contributed by atoms with E-state index in [1.807, 2.05) is 21.1 Å². The van der Waals surface area contributed by atoms with Gasteiger partial charge in [0.25, 0.3) is 0 Å². The summed E-state index contributed by atoms with van der Waals surface area (Å²) in [7, 11) is 1.47. The van der Waals surface area contributed by atoms with Gasteiger partial charge in [-0.25, -0.2) is 4.57 Å². The molecule has 0 bridgehead atoms. The molecular weight excluding hydrogens is 677 g/mol. The van der Waals surface area contributed by atoms with Crippen LogP contribution >= 0.6 is 7.82 Å². The highest BCUT2D eigenvalue weighted by atomic mass is 31.2. The van der Waals surface area contributed by atoms with Crippen molar-refractivity contribution in [1.82, 2.24) is 0 Å². The summed E-state index contributed by atoms with van der Waals surface area (Å²) in [5.74, 6) is -0.813. The molecular formula is C42H81NO8P+. The molecule has 0 aromatic heterocycles. The largest absolute Gasteiger partial charge is 0.472 e. The molecule has 0 saturated heterocycles. The predicted molar refractivity (Wildman–Crippen MR) is 215 cm³/mol. The van der Waals surface area contributed by atoms with Gasteiger partial charge in [0, 0.05) is 12.8 Å². The molecule has 0 aromatic rings. The number of esters is 2. The Hall–Kier alpha value is -1.51. The summed E-state index contributed by atoms with van der Waals surface area (Å²) < 4.78 is 34.2. The summed E-state index contributed by atoms with van der Waals surface area (Å²) in [6.45, 7) is 4.36. The van der Waals surface area contributed by atoms with E-state index in [1.54, 1.807) is 0 Å². The van der Waals surface area contributed by atoms with Gasteiger partial charge in [-0.05, 0) is 57.8 Å². The number of unbranched alkanes of at least 4 members (excludes halogenated alkanes) is 20. The molecule has 0 fully saturated rings. The number of allylic oxidation sites excluding steroid dienone is 4. The standard InChI is InChI=1S/C42H80NO8P/c1-6-8-10-12-14-16-18-19-20-21-22-23-25-27-29-31-33-35-42(45)51-40(39-50-52(46,47)49-37-36-43(3,4)5)38-48-41(44)34-32-30-28-26-24-17-15-13-11-9-7-2/h13,15,19-20,40H,6-12,14,16-18,21-39H2,1-5H3/p+1/b15-13-,20-19-/t40-/m1/s1. The lowest BCUT2D eigenvalue weighted by Crippen LogP contribution is -2.37.